The maximum Gasteiger partial charge on any atom is 0.409 e. The van der Waals surface area contributed by atoms with Gasteiger partial charge in [0.15, 0.2) is 5.78 Å². The highest BCUT2D eigenvalue weighted by molar-refractivity contribution is 5.98. The monoisotopic (exact) mass is 416 g/mol. The summed E-state index contributed by atoms with van der Waals surface area (Å²) in [7, 11) is 0. The molecule has 2 aliphatic rings. The van der Waals surface area contributed by atoms with Crippen LogP contribution in [0.1, 0.15) is 40.9 Å². The molecule has 0 spiro atoms. The number of nitrogens with zero attached hydrogens (tertiary/aromatic N) is 4. The SMILES string of the molecule is CCOC(=O)N1CCN(c2ncc3c(n2)C[C@H](c2cc(F)cc(F)c2)CC3=O)CC1. The Balaban J connectivity index is 1.51. The van der Waals surface area contributed by atoms with Crippen LogP contribution in [-0.4, -0.2) is 59.5 Å². The number of halogens is 2. The van der Waals surface area contributed by atoms with Crippen molar-refractivity contribution in [3.05, 3.63) is 52.9 Å². The van der Waals surface area contributed by atoms with Gasteiger partial charge in [-0.3, -0.25) is 4.79 Å². The predicted molar refractivity (Wildman–Crippen MR) is 105 cm³/mol. The van der Waals surface area contributed by atoms with E-state index >= 15 is 0 Å². The van der Waals surface area contributed by atoms with Crippen LogP contribution in [-0.2, 0) is 11.2 Å². The van der Waals surface area contributed by atoms with Gasteiger partial charge in [0.05, 0.1) is 17.9 Å². The molecule has 158 valence electrons. The second-order valence-corrected chi connectivity index (χ2v) is 7.43. The van der Waals surface area contributed by atoms with Gasteiger partial charge in [0.1, 0.15) is 11.6 Å². The Morgan fingerprint density at radius 3 is 2.50 bits per heavy atom. The van der Waals surface area contributed by atoms with Gasteiger partial charge in [-0.2, -0.15) is 0 Å². The number of hydrogen-bond acceptors (Lipinski definition) is 6. The lowest BCUT2D eigenvalue weighted by molar-refractivity contribution is 0.0961. The Hall–Kier alpha value is -3.10. The van der Waals surface area contributed by atoms with E-state index in [9.17, 15) is 18.4 Å². The van der Waals surface area contributed by atoms with Crippen molar-refractivity contribution in [1.29, 1.82) is 0 Å². The average Bonchev–Trinajstić information content (AvgIpc) is 2.73. The molecule has 0 bridgehead atoms. The van der Waals surface area contributed by atoms with Gasteiger partial charge in [-0.15, -0.1) is 0 Å². The normalized spacial score (nSPS) is 18.9. The minimum Gasteiger partial charge on any atom is -0.450 e. The number of benzene rings is 1. The fourth-order valence-corrected chi connectivity index (χ4v) is 3.94. The van der Waals surface area contributed by atoms with Gasteiger partial charge in [-0.05, 0) is 37.0 Å². The van der Waals surface area contributed by atoms with Crippen molar-refractivity contribution < 1.29 is 23.1 Å². The predicted octanol–water partition coefficient (Wildman–Crippen LogP) is 2.95. The van der Waals surface area contributed by atoms with Crippen molar-refractivity contribution >= 4 is 17.8 Å². The summed E-state index contributed by atoms with van der Waals surface area (Å²) in [4.78, 5) is 36.9. The van der Waals surface area contributed by atoms with Gasteiger partial charge in [0.25, 0.3) is 0 Å². The van der Waals surface area contributed by atoms with E-state index in [1.807, 2.05) is 4.90 Å². The summed E-state index contributed by atoms with van der Waals surface area (Å²) in [5.74, 6) is -1.31. The molecule has 1 amide bonds. The first kappa shape index (κ1) is 20.2. The fourth-order valence-electron chi connectivity index (χ4n) is 3.94. The maximum atomic E-state index is 13.6. The smallest absolute Gasteiger partial charge is 0.409 e. The van der Waals surface area contributed by atoms with E-state index in [-0.39, 0.29) is 24.2 Å². The molecule has 1 fully saturated rings. The maximum absolute atomic E-state index is 13.6. The molecule has 1 atom stereocenters. The summed E-state index contributed by atoms with van der Waals surface area (Å²) in [6.45, 7) is 4.17. The highest BCUT2D eigenvalue weighted by Crippen LogP contribution is 2.33. The van der Waals surface area contributed by atoms with Crippen LogP contribution in [0.4, 0.5) is 19.5 Å². The van der Waals surface area contributed by atoms with Crippen LogP contribution >= 0.6 is 0 Å². The molecule has 1 aromatic carbocycles. The Kier molecular flexibility index (Phi) is 5.61. The van der Waals surface area contributed by atoms with E-state index in [0.29, 0.717) is 62.0 Å². The fraction of sp³-hybridized carbons (Fsp3) is 0.429. The topological polar surface area (TPSA) is 75.6 Å². The van der Waals surface area contributed by atoms with Crippen LogP contribution in [0.25, 0.3) is 0 Å². The molecule has 9 heteroatoms. The first-order chi connectivity index (χ1) is 14.4. The third-order valence-electron chi connectivity index (χ3n) is 5.47. The highest BCUT2D eigenvalue weighted by atomic mass is 19.1. The standard InChI is InChI=1S/C21H22F2N4O3/c1-2-30-21(29)27-5-3-26(4-6-27)20-24-12-17-18(25-20)9-14(10-19(17)28)13-7-15(22)11-16(23)8-13/h7-8,11-12,14H,2-6,9-10H2,1H3/t14-/m0/s1. The summed E-state index contributed by atoms with van der Waals surface area (Å²) in [6.07, 6.45) is 1.76. The largest absolute Gasteiger partial charge is 0.450 e. The van der Waals surface area contributed by atoms with E-state index in [2.05, 4.69) is 9.97 Å². The Morgan fingerprint density at radius 1 is 1.13 bits per heavy atom. The molecule has 1 saturated heterocycles. The van der Waals surface area contributed by atoms with Gasteiger partial charge < -0.3 is 14.5 Å². The molecule has 0 radical (unpaired) electrons. The lowest BCUT2D eigenvalue weighted by Gasteiger charge is -2.34. The molecule has 2 heterocycles. The molecule has 2 aromatic rings. The number of ether oxygens (including phenoxy) is 1. The number of carbonyl (C=O) groups excluding carboxylic acids is 2. The van der Waals surface area contributed by atoms with Crippen LogP contribution in [0.15, 0.2) is 24.4 Å². The number of fused-ring (bicyclic) bond motifs is 1. The molecule has 0 unspecified atom stereocenters. The van der Waals surface area contributed by atoms with E-state index in [0.717, 1.165) is 6.07 Å². The molecular weight excluding hydrogens is 394 g/mol. The van der Waals surface area contributed by atoms with Crippen LogP contribution in [0.2, 0.25) is 0 Å². The molecular formula is C21H22F2N4O3. The molecule has 7 nitrogen and oxygen atoms in total. The minimum absolute atomic E-state index is 0.135. The number of carbonyl (C=O) groups is 2. The van der Waals surface area contributed by atoms with Crippen molar-refractivity contribution in [2.45, 2.75) is 25.7 Å². The van der Waals surface area contributed by atoms with Gasteiger partial charge in [-0.1, -0.05) is 0 Å². The van der Waals surface area contributed by atoms with E-state index in [1.165, 1.54) is 18.3 Å². The Morgan fingerprint density at radius 2 is 1.83 bits per heavy atom. The first-order valence-corrected chi connectivity index (χ1v) is 9.96. The third kappa shape index (κ3) is 4.10. The van der Waals surface area contributed by atoms with E-state index in [4.69, 9.17) is 4.74 Å². The zero-order valence-electron chi connectivity index (χ0n) is 16.6. The second kappa shape index (κ2) is 8.33. The van der Waals surface area contributed by atoms with Crippen molar-refractivity contribution in [3.63, 3.8) is 0 Å². The zero-order valence-corrected chi connectivity index (χ0v) is 16.6. The number of hydrogen-bond donors (Lipinski definition) is 0. The summed E-state index contributed by atoms with van der Waals surface area (Å²) in [5, 5.41) is 0. The quantitative estimate of drug-likeness (QED) is 0.766. The number of amides is 1. The molecule has 4 rings (SSSR count). The second-order valence-electron chi connectivity index (χ2n) is 7.43. The summed E-state index contributed by atoms with van der Waals surface area (Å²) in [5.41, 5.74) is 1.49. The molecule has 30 heavy (non-hydrogen) atoms. The number of anilines is 1. The van der Waals surface area contributed by atoms with E-state index < -0.39 is 11.6 Å². The van der Waals surface area contributed by atoms with Crippen molar-refractivity contribution in [1.82, 2.24) is 14.9 Å². The van der Waals surface area contributed by atoms with Gasteiger partial charge >= 0.3 is 6.09 Å². The Bertz CT molecular complexity index is 956. The highest BCUT2D eigenvalue weighted by Gasteiger charge is 2.30. The molecule has 1 aliphatic carbocycles. The number of piperazine rings is 1. The van der Waals surface area contributed by atoms with Gasteiger partial charge in [0, 0.05) is 44.9 Å². The van der Waals surface area contributed by atoms with Crippen molar-refractivity contribution in [2.24, 2.45) is 0 Å². The average molecular weight is 416 g/mol. The molecule has 1 aliphatic heterocycles. The number of Topliss-reactive ketones (excluding diaryl/α,β-unsaturated/α-hetero) is 1. The van der Waals surface area contributed by atoms with Crippen LogP contribution < -0.4 is 4.90 Å². The van der Waals surface area contributed by atoms with Crippen LogP contribution in [0.5, 0.6) is 0 Å². The lowest BCUT2D eigenvalue weighted by Crippen LogP contribution is -2.49. The summed E-state index contributed by atoms with van der Waals surface area (Å²) in [6, 6.07) is 3.35. The van der Waals surface area contributed by atoms with Gasteiger partial charge in [0.2, 0.25) is 5.95 Å². The molecule has 1 aromatic heterocycles. The first-order valence-electron chi connectivity index (χ1n) is 9.96. The Labute approximate surface area is 172 Å². The van der Waals surface area contributed by atoms with Crippen molar-refractivity contribution in [2.75, 3.05) is 37.7 Å². The van der Waals surface area contributed by atoms with Crippen molar-refractivity contribution in [3.8, 4) is 0 Å². The third-order valence-corrected chi connectivity index (χ3v) is 5.47. The lowest BCUT2D eigenvalue weighted by atomic mass is 9.82. The molecule has 0 saturated carbocycles. The summed E-state index contributed by atoms with van der Waals surface area (Å²) < 4.78 is 32.3. The minimum atomic E-state index is -0.661. The zero-order chi connectivity index (χ0) is 21.3. The summed E-state index contributed by atoms with van der Waals surface area (Å²) >= 11 is 0. The van der Waals surface area contributed by atoms with E-state index in [1.54, 1.807) is 11.8 Å². The number of aromatic nitrogens is 2. The number of rotatable bonds is 3. The van der Waals surface area contributed by atoms with Gasteiger partial charge in [-0.25, -0.2) is 23.5 Å². The molecule has 0 N–H and O–H groups in total. The van der Waals surface area contributed by atoms with Crippen LogP contribution in [0.3, 0.4) is 0 Å². The number of ketones is 1. The van der Waals surface area contributed by atoms with Crippen LogP contribution in [0, 0.1) is 11.6 Å².